The van der Waals surface area contributed by atoms with Crippen molar-refractivity contribution < 1.29 is 13.2 Å². The Morgan fingerprint density at radius 2 is 2.00 bits per heavy atom. The monoisotopic (exact) mass is 277 g/mol. The van der Waals surface area contributed by atoms with Gasteiger partial charge >= 0.3 is 0 Å². The number of ether oxygens (including phenoxy) is 1. The van der Waals surface area contributed by atoms with Crippen molar-refractivity contribution in [1.82, 2.24) is 5.32 Å². The zero-order chi connectivity index (χ0) is 13.8. The van der Waals surface area contributed by atoms with Gasteiger partial charge in [0.05, 0.1) is 17.6 Å². The number of hydrogen-bond acceptors (Lipinski definition) is 4. The molecule has 1 N–H and O–H groups in total. The Labute approximate surface area is 111 Å². The van der Waals surface area contributed by atoms with E-state index in [4.69, 9.17) is 4.74 Å². The molecule has 1 fully saturated rings. The van der Waals surface area contributed by atoms with E-state index in [1.165, 1.54) is 0 Å². The van der Waals surface area contributed by atoms with Gasteiger partial charge in [-0.25, -0.2) is 8.42 Å². The van der Waals surface area contributed by atoms with E-state index in [9.17, 15) is 8.42 Å². The molecular formula is C13H27NO3S. The summed E-state index contributed by atoms with van der Waals surface area (Å²) in [4.78, 5) is 0. The van der Waals surface area contributed by atoms with Gasteiger partial charge in [-0.05, 0) is 38.1 Å². The van der Waals surface area contributed by atoms with Crippen molar-refractivity contribution in [1.29, 1.82) is 0 Å². The van der Waals surface area contributed by atoms with E-state index in [0.29, 0.717) is 29.4 Å². The first-order valence-corrected chi connectivity index (χ1v) is 8.62. The van der Waals surface area contributed by atoms with E-state index in [-0.39, 0.29) is 6.10 Å². The zero-order valence-corrected chi connectivity index (χ0v) is 12.8. The quantitative estimate of drug-likeness (QED) is 0.765. The predicted molar refractivity (Wildman–Crippen MR) is 74.5 cm³/mol. The van der Waals surface area contributed by atoms with Gasteiger partial charge in [0.25, 0.3) is 0 Å². The molecule has 18 heavy (non-hydrogen) atoms. The zero-order valence-electron chi connectivity index (χ0n) is 12.0. The van der Waals surface area contributed by atoms with Crippen LogP contribution in [0.25, 0.3) is 0 Å². The summed E-state index contributed by atoms with van der Waals surface area (Å²) in [5.74, 6) is 1.39. The fourth-order valence-corrected chi connectivity index (χ4v) is 4.47. The second kappa shape index (κ2) is 6.87. The lowest BCUT2D eigenvalue weighted by Crippen LogP contribution is -2.35. The second-order valence-electron chi connectivity index (χ2n) is 5.77. The van der Waals surface area contributed by atoms with E-state index in [1.807, 2.05) is 6.92 Å². The highest BCUT2D eigenvalue weighted by atomic mass is 32.2. The molecule has 1 heterocycles. The Morgan fingerprint density at radius 1 is 1.33 bits per heavy atom. The van der Waals surface area contributed by atoms with Gasteiger partial charge in [0, 0.05) is 13.2 Å². The average Bonchev–Trinajstić information content (AvgIpc) is 2.64. The molecule has 0 aromatic heterocycles. The molecule has 1 aliphatic rings. The molecule has 0 spiro atoms. The highest BCUT2D eigenvalue weighted by Gasteiger charge is 2.34. The fourth-order valence-electron chi connectivity index (χ4n) is 2.55. The van der Waals surface area contributed by atoms with E-state index in [1.54, 1.807) is 7.11 Å². The third-order valence-corrected chi connectivity index (χ3v) is 5.55. The van der Waals surface area contributed by atoms with Crippen LogP contribution in [0.15, 0.2) is 0 Å². The second-order valence-corrected chi connectivity index (χ2v) is 8.00. The standard InChI is InChI=1S/C13H27NO3S/c1-10(2)14-8-13(7-11(3)17-4)12-5-6-18(15,16)9-12/h10-14H,5-9H2,1-4H3. The number of methoxy groups -OCH3 is 1. The summed E-state index contributed by atoms with van der Waals surface area (Å²) in [6.45, 7) is 7.15. The van der Waals surface area contributed by atoms with Crippen molar-refractivity contribution >= 4 is 9.84 Å². The van der Waals surface area contributed by atoms with Crippen LogP contribution in [-0.2, 0) is 14.6 Å². The largest absolute Gasteiger partial charge is 0.382 e. The summed E-state index contributed by atoms with van der Waals surface area (Å²) in [6.07, 6.45) is 1.92. The first-order valence-electron chi connectivity index (χ1n) is 6.80. The van der Waals surface area contributed by atoms with Crippen LogP contribution < -0.4 is 5.32 Å². The van der Waals surface area contributed by atoms with E-state index in [0.717, 1.165) is 19.4 Å². The molecule has 4 nitrogen and oxygen atoms in total. The van der Waals surface area contributed by atoms with Gasteiger partial charge in [-0.15, -0.1) is 0 Å². The first kappa shape index (κ1) is 15.9. The Morgan fingerprint density at radius 3 is 2.44 bits per heavy atom. The molecule has 0 aromatic rings. The average molecular weight is 277 g/mol. The third-order valence-electron chi connectivity index (χ3n) is 3.76. The SMILES string of the molecule is COC(C)CC(CNC(C)C)C1CCS(=O)(=O)C1. The van der Waals surface area contributed by atoms with Crippen LogP contribution in [0, 0.1) is 11.8 Å². The van der Waals surface area contributed by atoms with Crippen LogP contribution >= 0.6 is 0 Å². The summed E-state index contributed by atoms with van der Waals surface area (Å²) in [6, 6.07) is 0.434. The van der Waals surface area contributed by atoms with Gasteiger partial charge in [0.1, 0.15) is 0 Å². The summed E-state index contributed by atoms with van der Waals surface area (Å²) in [5, 5.41) is 3.43. The highest BCUT2D eigenvalue weighted by Crippen LogP contribution is 2.29. The van der Waals surface area contributed by atoms with Crippen molar-refractivity contribution in [3.63, 3.8) is 0 Å². The van der Waals surface area contributed by atoms with Crippen molar-refractivity contribution in [3.05, 3.63) is 0 Å². The van der Waals surface area contributed by atoms with Gasteiger partial charge in [-0.3, -0.25) is 0 Å². The van der Waals surface area contributed by atoms with Crippen LogP contribution in [0.3, 0.4) is 0 Å². The lowest BCUT2D eigenvalue weighted by atomic mass is 9.87. The molecule has 0 saturated carbocycles. The summed E-state index contributed by atoms with van der Waals surface area (Å²) in [5.41, 5.74) is 0. The van der Waals surface area contributed by atoms with E-state index < -0.39 is 9.84 Å². The lowest BCUT2D eigenvalue weighted by Gasteiger charge is -2.26. The summed E-state index contributed by atoms with van der Waals surface area (Å²) >= 11 is 0. The Bertz CT molecular complexity index is 340. The Hall–Kier alpha value is -0.130. The molecule has 0 amide bonds. The predicted octanol–water partition coefficient (Wildman–Crippen LogP) is 1.46. The number of hydrogen-bond donors (Lipinski definition) is 1. The van der Waals surface area contributed by atoms with Gasteiger partial charge < -0.3 is 10.1 Å². The molecule has 0 radical (unpaired) electrons. The molecule has 1 rings (SSSR count). The van der Waals surface area contributed by atoms with E-state index in [2.05, 4.69) is 19.2 Å². The van der Waals surface area contributed by atoms with Gasteiger partial charge in [0.15, 0.2) is 9.84 Å². The van der Waals surface area contributed by atoms with Gasteiger partial charge in [-0.2, -0.15) is 0 Å². The number of nitrogens with one attached hydrogen (secondary N) is 1. The molecule has 108 valence electrons. The number of rotatable bonds is 7. The summed E-state index contributed by atoms with van der Waals surface area (Å²) < 4.78 is 28.5. The maximum Gasteiger partial charge on any atom is 0.150 e. The maximum atomic E-state index is 11.6. The normalized spacial score (nSPS) is 26.4. The smallest absolute Gasteiger partial charge is 0.150 e. The summed E-state index contributed by atoms with van der Waals surface area (Å²) in [7, 11) is -1.08. The minimum absolute atomic E-state index is 0.187. The van der Waals surface area contributed by atoms with Gasteiger partial charge in [-0.1, -0.05) is 13.8 Å². The highest BCUT2D eigenvalue weighted by molar-refractivity contribution is 7.91. The van der Waals surface area contributed by atoms with Gasteiger partial charge in [0.2, 0.25) is 0 Å². The van der Waals surface area contributed by atoms with Crippen LogP contribution in [-0.4, -0.2) is 45.7 Å². The Kier molecular flexibility index (Phi) is 6.08. The fraction of sp³-hybridized carbons (Fsp3) is 1.00. The van der Waals surface area contributed by atoms with Crippen LogP contribution in [0.2, 0.25) is 0 Å². The third kappa shape index (κ3) is 5.24. The van der Waals surface area contributed by atoms with Crippen molar-refractivity contribution in [2.24, 2.45) is 11.8 Å². The lowest BCUT2D eigenvalue weighted by molar-refractivity contribution is 0.0848. The molecule has 5 heteroatoms. The minimum atomic E-state index is -2.79. The molecule has 3 atom stereocenters. The molecule has 1 aliphatic heterocycles. The molecule has 0 aliphatic carbocycles. The molecule has 0 bridgehead atoms. The van der Waals surface area contributed by atoms with Crippen molar-refractivity contribution in [3.8, 4) is 0 Å². The van der Waals surface area contributed by atoms with Crippen molar-refractivity contribution in [2.75, 3.05) is 25.2 Å². The molecule has 0 aromatic carbocycles. The van der Waals surface area contributed by atoms with E-state index >= 15 is 0 Å². The first-order chi connectivity index (χ1) is 8.34. The molecular weight excluding hydrogens is 250 g/mol. The molecule has 1 saturated heterocycles. The minimum Gasteiger partial charge on any atom is -0.382 e. The maximum absolute atomic E-state index is 11.6. The van der Waals surface area contributed by atoms with Crippen LogP contribution in [0.5, 0.6) is 0 Å². The number of sulfone groups is 1. The van der Waals surface area contributed by atoms with Crippen LogP contribution in [0.4, 0.5) is 0 Å². The molecule has 3 unspecified atom stereocenters. The Balaban J connectivity index is 2.59. The van der Waals surface area contributed by atoms with Crippen LogP contribution in [0.1, 0.15) is 33.6 Å². The topological polar surface area (TPSA) is 55.4 Å². The van der Waals surface area contributed by atoms with Crippen molar-refractivity contribution in [2.45, 2.75) is 45.8 Å².